The molecule has 0 spiro atoms. The van der Waals surface area contributed by atoms with Gasteiger partial charge in [0.15, 0.2) is 0 Å². The topological polar surface area (TPSA) is 58.4 Å². The summed E-state index contributed by atoms with van der Waals surface area (Å²) >= 11 is 3.47. The second-order valence-electron chi connectivity index (χ2n) is 6.70. The summed E-state index contributed by atoms with van der Waals surface area (Å²) in [6, 6.07) is 8.87. The van der Waals surface area contributed by atoms with Crippen LogP contribution in [0, 0.1) is 0 Å². The van der Waals surface area contributed by atoms with E-state index in [0.717, 1.165) is 69.2 Å². The van der Waals surface area contributed by atoms with Crippen LogP contribution in [0.25, 0.3) is 0 Å². The fourth-order valence-electron chi connectivity index (χ4n) is 3.17. The highest BCUT2D eigenvalue weighted by molar-refractivity contribution is 9.10. The molecule has 1 heterocycles. The molecule has 0 bridgehead atoms. The summed E-state index contributed by atoms with van der Waals surface area (Å²) in [6.07, 6.45) is 7.05. The molecule has 1 fully saturated rings. The molecule has 0 atom stereocenters. The molecule has 1 aromatic rings. The maximum atomic E-state index is 12.0. The Kier molecular flexibility index (Phi) is 14.5. The van der Waals surface area contributed by atoms with Crippen LogP contribution in [0.4, 0.5) is 0 Å². The Bertz CT molecular complexity index is 494. The van der Waals surface area contributed by atoms with Crippen molar-refractivity contribution >= 4 is 46.7 Å². The standard InChI is InChI=1S/C19H30BrN3O.2ClH/c20-17-8-6-16(7-9-17)15-23-13-10-18(11-14-23)22-19(24)5-3-1-2-4-12-21;;/h6-9,18H,1-5,10-15,21H2,(H,22,24);2*1H. The Hall–Kier alpha value is -0.330. The second kappa shape index (κ2) is 14.7. The lowest BCUT2D eigenvalue weighted by Crippen LogP contribution is -2.44. The third kappa shape index (κ3) is 10.1. The van der Waals surface area contributed by atoms with E-state index in [1.54, 1.807) is 0 Å². The molecular formula is C19H32BrCl2N3O. The van der Waals surface area contributed by atoms with Gasteiger partial charge in [-0.2, -0.15) is 0 Å². The fraction of sp³-hybridized carbons (Fsp3) is 0.632. The molecule has 4 nitrogen and oxygen atoms in total. The van der Waals surface area contributed by atoms with Gasteiger partial charge < -0.3 is 11.1 Å². The molecule has 0 aliphatic carbocycles. The van der Waals surface area contributed by atoms with Gasteiger partial charge in [0.25, 0.3) is 0 Å². The summed E-state index contributed by atoms with van der Waals surface area (Å²) in [7, 11) is 0. The molecule has 3 N–H and O–H groups in total. The van der Waals surface area contributed by atoms with E-state index in [9.17, 15) is 4.79 Å². The molecule has 0 unspecified atom stereocenters. The second-order valence-corrected chi connectivity index (χ2v) is 7.61. The van der Waals surface area contributed by atoms with Crippen LogP contribution in [0.1, 0.15) is 50.5 Å². The predicted molar refractivity (Wildman–Crippen MR) is 117 cm³/mol. The Balaban J connectivity index is 0.00000312. The number of rotatable bonds is 9. The largest absolute Gasteiger partial charge is 0.353 e. The van der Waals surface area contributed by atoms with E-state index in [0.29, 0.717) is 12.5 Å². The first-order valence-corrected chi connectivity index (χ1v) is 9.93. The van der Waals surface area contributed by atoms with Crippen LogP contribution in [-0.4, -0.2) is 36.5 Å². The molecule has 150 valence electrons. The molecule has 2 rings (SSSR count). The van der Waals surface area contributed by atoms with Crippen molar-refractivity contribution in [3.05, 3.63) is 34.3 Å². The van der Waals surface area contributed by atoms with Crippen LogP contribution in [-0.2, 0) is 11.3 Å². The number of hydrogen-bond donors (Lipinski definition) is 2. The number of halogens is 3. The van der Waals surface area contributed by atoms with E-state index in [2.05, 4.69) is 50.4 Å². The summed E-state index contributed by atoms with van der Waals surface area (Å²) in [5, 5.41) is 3.21. The van der Waals surface area contributed by atoms with Crippen molar-refractivity contribution in [2.24, 2.45) is 5.73 Å². The molecule has 1 aliphatic rings. The van der Waals surface area contributed by atoms with Gasteiger partial charge in [-0.3, -0.25) is 9.69 Å². The number of carbonyl (C=O) groups is 1. The van der Waals surface area contributed by atoms with Crippen LogP contribution in [0.3, 0.4) is 0 Å². The maximum absolute atomic E-state index is 12.0. The highest BCUT2D eigenvalue weighted by Crippen LogP contribution is 2.16. The Morgan fingerprint density at radius 3 is 2.31 bits per heavy atom. The third-order valence-corrected chi connectivity index (χ3v) is 5.16. The van der Waals surface area contributed by atoms with E-state index in [-0.39, 0.29) is 30.7 Å². The number of likely N-dealkylation sites (tertiary alicyclic amines) is 1. The Morgan fingerprint density at radius 2 is 1.69 bits per heavy atom. The molecule has 26 heavy (non-hydrogen) atoms. The number of benzene rings is 1. The molecule has 0 radical (unpaired) electrons. The zero-order chi connectivity index (χ0) is 17.2. The van der Waals surface area contributed by atoms with Crippen LogP contribution in [0.2, 0.25) is 0 Å². The molecule has 1 aliphatic heterocycles. The number of nitrogens with two attached hydrogens (primary N) is 1. The van der Waals surface area contributed by atoms with E-state index in [1.165, 1.54) is 5.56 Å². The van der Waals surface area contributed by atoms with Gasteiger partial charge in [0.1, 0.15) is 0 Å². The summed E-state index contributed by atoms with van der Waals surface area (Å²) in [5.74, 6) is 0.217. The minimum absolute atomic E-state index is 0. The van der Waals surface area contributed by atoms with Crippen molar-refractivity contribution in [2.75, 3.05) is 19.6 Å². The zero-order valence-electron chi connectivity index (χ0n) is 15.3. The maximum Gasteiger partial charge on any atom is 0.220 e. The summed E-state index contributed by atoms with van der Waals surface area (Å²) in [6.45, 7) is 3.86. The monoisotopic (exact) mass is 467 g/mol. The highest BCUT2D eigenvalue weighted by atomic mass is 79.9. The van der Waals surface area contributed by atoms with Crippen molar-refractivity contribution in [2.45, 2.75) is 57.5 Å². The lowest BCUT2D eigenvalue weighted by Gasteiger charge is -2.32. The number of nitrogens with zero attached hydrogens (tertiary/aromatic N) is 1. The van der Waals surface area contributed by atoms with E-state index in [4.69, 9.17) is 5.73 Å². The average molecular weight is 469 g/mol. The van der Waals surface area contributed by atoms with Crippen molar-refractivity contribution in [3.8, 4) is 0 Å². The molecule has 7 heteroatoms. The number of piperidine rings is 1. The molecular weight excluding hydrogens is 437 g/mol. The quantitative estimate of drug-likeness (QED) is 0.531. The predicted octanol–water partition coefficient (Wildman–Crippen LogP) is 4.28. The number of nitrogens with one attached hydrogen (secondary N) is 1. The normalized spacial score (nSPS) is 15.0. The lowest BCUT2D eigenvalue weighted by atomic mass is 10.0. The zero-order valence-corrected chi connectivity index (χ0v) is 18.5. The molecule has 1 saturated heterocycles. The smallest absolute Gasteiger partial charge is 0.220 e. The van der Waals surface area contributed by atoms with Crippen LogP contribution < -0.4 is 11.1 Å². The van der Waals surface area contributed by atoms with E-state index in [1.807, 2.05) is 0 Å². The van der Waals surface area contributed by atoms with Gasteiger partial charge in [-0.1, -0.05) is 40.9 Å². The minimum atomic E-state index is 0. The summed E-state index contributed by atoms with van der Waals surface area (Å²) < 4.78 is 1.12. The summed E-state index contributed by atoms with van der Waals surface area (Å²) in [4.78, 5) is 14.5. The minimum Gasteiger partial charge on any atom is -0.353 e. The molecule has 1 amide bonds. The SMILES string of the molecule is Cl.Cl.NCCCCCCC(=O)NC1CCN(Cc2ccc(Br)cc2)CC1. The highest BCUT2D eigenvalue weighted by Gasteiger charge is 2.20. The Labute approximate surface area is 178 Å². The number of hydrogen-bond acceptors (Lipinski definition) is 3. The summed E-state index contributed by atoms with van der Waals surface area (Å²) in [5.41, 5.74) is 6.82. The number of amides is 1. The van der Waals surface area contributed by atoms with E-state index >= 15 is 0 Å². The van der Waals surface area contributed by atoms with Gasteiger partial charge in [-0.15, -0.1) is 24.8 Å². The Morgan fingerprint density at radius 1 is 1.08 bits per heavy atom. The van der Waals surface area contributed by atoms with Crippen molar-refractivity contribution in [1.29, 1.82) is 0 Å². The lowest BCUT2D eigenvalue weighted by molar-refractivity contribution is -0.122. The van der Waals surface area contributed by atoms with E-state index < -0.39 is 0 Å². The number of unbranched alkanes of at least 4 members (excludes halogenated alkanes) is 3. The van der Waals surface area contributed by atoms with Gasteiger partial charge in [0.2, 0.25) is 5.91 Å². The van der Waals surface area contributed by atoms with Crippen LogP contribution in [0.15, 0.2) is 28.7 Å². The average Bonchev–Trinajstić information content (AvgIpc) is 2.58. The van der Waals surface area contributed by atoms with Gasteiger partial charge in [-0.25, -0.2) is 0 Å². The van der Waals surface area contributed by atoms with Gasteiger partial charge in [0, 0.05) is 36.6 Å². The van der Waals surface area contributed by atoms with Crippen molar-refractivity contribution in [3.63, 3.8) is 0 Å². The van der Waals surface area contributed by atoms with Crippen LogP contribution in [0.5, 0.6) is 0 Å². The first-order valence-electron chi connectivity index (χ1n) is 9.13. The number of carbonyl (C=O) groups excluding carboxylic acids is 1. The fourth-order valence-corrected chi connectivity index (χ4v) is 3.43. The molecule has 0 aromatic heterocycles. The first-order chi connectivity index (χ1) is 11.7. The van der Waals surface area contributed by atoms with Crippen molar-refractivity contribution in [1.82, 2.24) is 10.2 Å². The third-order valence-electron chi connectivity index (χ3n) is 4.63. The van der Waals surface area contributed by atoms with Crippen molar-refractivity contribution < 1.29 is 4.79 Å². The molecule has 0 saturated carbocycles. The van der Waals surface area contributed by atoms with Gasteiger partial charge in [-0.05, 0) is 49.9 Å². The molecule has 1 aromatic carbocycles. The van der Waals surface area contributed by atoms with Crippen LogP contribution >= 0.6 is 40.7 Å². The van der Waals surface area contributed by atoms with Gasteiger partial charge in [0.05, 0.1) is 0 Å². The first kappa shape index (κ1) is 25.7. The van der Waals surface area contributed by atoms with Gasteiger partial charge >= 0.3 is 0 Å².